The second kappa shape index (κ2) is 33.9. The van der Waals surface area contributed by atoms with Crippen LogP contribution < -0.4 is 43.9 Å². The number of hydrazine groups is 3. The fraction of sp³-hybridized carbons (Fsp3) is 0.488. The lowest BCUT2D eigenvalue weighted by Gasteiger charge is -2.39. The minimum absolute atomic E-state index is 0. The molecule has 9 rings (SSSR count). The van der Waals surface area contributed by atoms with Gasteiger partial charge in [0, 0.05) is 56.1 Å². The molecule has 3 aliphatic rings. The Labute approximate surface area is 641 Å². The molecule has 7 N–H and O–H groups in total. The Hall–Kier alpha value is -8.91. The quantitative estimate of drug-likeness (QED) is 0.0241. The number of aryl methyl sites for hydroxylation is 6. The van der Waals surface area contributed by atoms with Gasteiger partial charge in [-0.15, -0.1) is 0 Å². The summed E-state index contributed by atoms with van der Waals surface area (Å²) in [6.45, 7) is 51.3. The molecular weight excluding hydrogens is 1370 g/mol. The van der Waals surface area contributed by atoms with E-state index < -0.39 is 66.4 Å². The van der Waals surface area contributed by atoms with Crippen LogP contribution in [0.5, 0.6) is 0 Å². The normalized spacial score (nSPS) is 16.1. The number of rotatable bonds is 15. The smallest absolute Gasteiger partial charge is 0.422 e. The highest BCUT2D eigenvalue weighted by atomic mass is 16.7. The zero-order chi connectivity index (χ0) is 80.3. The van der Waals surface area contributed by atoms with Crippen molar-refractivity contribution in [3.63, 3.8) is 0 Å². The van der Waals surface area contributed by atoms with Gasteiger partial charge in [0.1, 0.15) is 0 Å². The topological polar surface area (TPSA) is 296 Å². The summed E-state index contributed by atoms with van der Waals surface area (Å²) in [4.78, 5) is 92.6. The molecule has 0 radical (unpaired) electrons. The summed E-state index contributed by atoms with van der Waals surface area (Å²) in [7, 11) is -2.66. The maximum atomic E-state index is 13.8. The van der Waals surface area contributed by atoms with Crippen molar-refractivity contribution in [2.45, 2.75) is 247 Å². The van der Waals surface area contributed by atoms with Crippen LogP contribution in [-0.4, -0.2) is 122 Å². The Bertz CT molecular complexity index is 4240. The number of hydrogen-bond donors (Lipinski definition) is 6. The first-order chi connectivity index (χ1) is 49.3. The molecule has 6 amide bonds. The predicted octanol–water partition coefficient (Wildman–Crippen LogP) is 13.5. The van der Waals surface area contributed by atoms with Crippen molar-refractivity contribution in [1.82, 2.24) is 31.3 Å². The number of nitrogen functional groups attached to an aromatic ring is 1. The minimum atomic E-state index is -1.07. The second-order valence-corrected chi connectivity index (χ2v) is 33.8. The average molecular weight is 1480 g/mol. The Kier molecular flexibility index (Phi) is 27.6. The van der Waals surface area contributed by atoms with E-state index in [-0.39, 0.29) is 76.2 Å². The number of benzene rings is 6. The van der Waals surface area contributed by atoms with Crippen molar-refractivity contribution in [3.05, 3.63) is 186 Å². The number of nitrogens with zero attached hydrogens (tertiary/aromatic N) is 4. The lowest BCUT2D eigenvalue weighted by Crippen LogP contribution is -2.56. The van der Waals surface area contributed by atoms with Crippen LogP contribution in [0.15, 0.2) is 109 Å². The van der Waals surface area contributed by atoms with Crippen molar-refractivity contribution in [2.75, 3.05) is 11.2 Å². The molecule has 23 nitrogen and oxygen atoms in total. The highest BCUT2D eigenvalue weighted by molar-refractivity contribution is 6.64. The number of carbonyl (C=O) groups is 6. The van der Waals surface area contributed by atoms with Crippen LogP contribution in [0.4, 0.5) is 17.1 Å². The van der Waals surface area contributed by atoms with E-state index in [0.717, 1.165) is 33.4 Å². The maximum Gasteiger partial charge on any atom is 0.516 e. The van der Waals surface area contributed by atoms with Gasteiger partial charge in [0.15, 0.2) is 0 Å². The third-order valence-corrected chi connectivity index (χ3v) is 20.5. The van der Waals surface area contributed by atoms with Gasteiger partial charge < -0.3 is 29.4 Å². The van der Waals surface area contributed by atoms with Crippen molar-refractivity contribution in [1.29, 1.82) is 0 Å². The number of nitro groups is 1. The van der Waals surface area contributed by atoms with Crippen LogP contribution in [0, 0.1) is 67.9 Å². The standard InChI is InChI=1S/C29H40BN3O6.C29H42BN3O4.C23H30BN3O4.CH4/c1-11-24(27(4,5)6)32(26(35)21-15-18(2)14-19(3)16-21)31-25(34)20-12-13-22(23(17-20)33(36)37)30-38-28(7,8)29(9,10)39-30;1-11-24(27(4,5)6)33(26(35)21-15-18(2)14-19(3)16-21)32-25(34)20-12-13-22(23(31)17-20)30-36-28(7,8)29(9,10)37-30;1-7-20(23(4,5)6)27(22(29)17-11-14(2)10-15(3)12-17)25-21(28)16-8-9-18-19(13-16)26-31-24(18)30;/h12-17,24H,11H2,1-10H3,(H,31,34);12-17,24H,11,31H2,1-10H3,(H,32,34);8-13,20,26,30H,7H2,1-6H3,(H,25,28);1H4/t2*24-;20-;/m111./s1. The van der Waals surface area contributed by atoms with E-state index in [1.54, 1.807) is 48.5 Å². The van der Waals surface area contributed by atoms with Gasteiger partial charge in [-0.05, 0) is 199 Å². The molecule has 2 fully saturated rings. The molecule has 0 spiro atoms. The van der Waals surface area contributed by atoms with Gasteiger partial charge in [-0.1, -0.05) is 160 Å². The molecule has 3 aliphatic heterocycles. The molecule has 108 heavy (non-hydrogen) atoms. The molecule has 0 saturated carbocycles. The van der Waals surface area contributed by atoms with Gasteiger partial charge in [0.25, 0.3) is 41.1 Å². The molecule has 6 aromatic carbocycles. The molecule has 3 heterocycles. The third-order valence-electron chi connectivity index (χ3n) is 20.5. The zero-order valence-electron chi connectivity index (χ0n) is 67.6. The predicted molar refractivity (Wildman–Crippen MR) is 430 cm³/mol. The summed E-state index contributed by atoms with van der Waals surface area (Å²) in [5.74, 6) is -2.29. The first-order valence-corrected chi connectivity index (χ1v) is 36.7. The number of hydrogen-bond acceptors (Lipinski definition) is 16. The van der Waals surface area contributed by atoms with E-state index >= 15 is 0 Å². The molecule has 0 aromatic heterocycles. The Morgan fingerprint density at radius 2 is 0.741 bits per heavy atom. The number of nitrogens with two attached hydrogens (primary N) is 1. The molecule has 0 aliphatic carbocycles. The fourth-order valence-corrected chi connectivity index (χ4v) is 13.7. The molecule has 2 saturated heterocycles. The Morgan fingerprint density at radius 3 is 1.03 bits per heavy atom. The summed E-state index contributed by atoms with van der Waals surface area (Å²) < 4.78 is 29.2. The van der Waals surface area contributed by atoms with Crippen molar-refractivity contribution in [3.8, 4) is 0 Å². The first-order valence-electron chi connectivity index (χ1n) is 36.7. The van der Waals surface area contributed by atoms with Crippen LogP contribution in [0.25, 0.3) is 0 Å². The van der Waals surface area contributed by atoms with Gasteiger partial charge in [-0.2, -0.15) is 0 Å². The number of fused-ring (bicyclic) bond motifs is 1. The average Bonchev–Trinajstić information content (AvgIpc) is 1.61. The summed E-state index contributed by atoms with van der Waals surface area (Å²) in [6, 6.07) is 30.2. The maximum absolute atomic E-state index is 13.8. The van der Waals surface area contributed by atoms with E-state index in [0.29, 0.717) is 69.4 Å². The van der Waals surface area contributed by atoms with E-state index in [4.69, 9.17) is 29.1 Å². The van der Waals surface area contributed by atoms with Gasteiger partial charge in [0.05, 0.1) is 56.6 Å². The summed E-state index contributed by atoms with van der Waals surface area (Å²) in [6.07, 6.45) is 1.93. The molecule has 6 aromatic rings. The van der Waals surface area contributed by atoms with Crippen LogP contribution >= 0.6 is 0 Å². The van der Waals surface area contributed by atoms with E-state index in [1.807, 2.05) is 202 Å². The largest absolute Gasteiger partial charge is 0.516 e. The molecule has 0 unspecified atom stereocenters. The zero-order valence-corrected chi connectivity index (χ0v) is 67.6. The van der Waals surface area contributed by atoms with Crippen LogP contribution in [-0.2, 0) is 23.4 Å². The summed E-state index contributed by atoms with van der Waals surface area (Å²) >= 11 is 0. The SMILES string of the molecule is C.CC[C@@H](N(NC(=O)c1ccc(B2OC(C)(C)C(C)(C)O2)c(N)c1)C(=O)c1cc(C)cc(C)c1)C(C)(C)C.CC[C@@H](N(NC(=O)c1ccc(B2OC(C)(C)C(C)(C)O2)c([N+](=O)[O-])c1)C(=O)c1cc(C)cc(C)c1)C(C)(C)C.CC[C@@H](N(NC(=O)c1ccc2c(c1)NOB2O)C(=O)c1cc(C)cc(C)c1)C(C)(C)C. The first kappa shape index (κ1) is 88.0. The van der Waals surface area contributed by atoms with E-state index in [1.165, 1.54) is 33.2 Å². The van der Waals surface area contributed by atoms with E-state index in [9.17, 15) is 43.9 Å². The third kappa shape index (κ3) is 20.5. The highest BCUT2D eigenvalue weighted by Gasteiger charge is 2.54. The number of nitrogens with one attached hydrogen (secondary N) is 4. The summed E-state index contributed by atoms with van der Waals surface area (Å²) in [5, 5.41) is 26.1. The molecular formula is C82H116B3N9O14. The lowest BCUT2D eigenvalue weighted by atomic mass is 9.77. The monoisotopic (exact) mass is 1480 g/mol. The Morgan fingerprint density at radius 1 is 0.463 bits per heavy atom. The van der Waals surface area contributed by atoms with Crippen molar-refractivity contribution in [2.24, 2.45) is 16.2 Å². The molecule has 3 atom stereocenters. The molecule has 0 bridgehead atoms. The number of amides is 6. The van der Waals surface area contributed by atoms with Crippen molar-refractivity contribution < 1.29 is 62.1 Å². The second-order valence-electron chi connectivity index (χ2n) is 33.8. The van der Waals surface area contributed by atoms with Crippen LogP contribution in [0.3, 0.4) is 0 Å². The fourth-order valence-electron chi connectivity index (χ4n) is 13.7. The van der Waals surface area contributed by atoms with Gasteiger partial charge in [-0.25, -0.2) is 15.0 Å². The Balaban J connectivity index is 0.000000254. The van der Waals surface area contributed by atoms with Crippen LogP contribution in [0.2, 0.25) is 0 Å². The number of nitro benzene ring substituents is 1. The highest BCUT2D eigenvalue weighted by Crippen LogP contribution is 2.39. The molecule has 582 valence electrons. The van der Waals surface area contributed by atoms with Gasteiger partial charge in [-0.3, -0.25) is 65.4 Å². The van der Waals surface area contributed by atoms with E-state index in [2.05, 4.69) is 42.5 Å². The summed E-state index contributed by atoms with van der Waals surface area (Å²) in [5.41, 5.74) is 24.4. The van der Waals surface area contributed by atoms with Gasteiger partial charge in [0.2, 0.25) is 0 Å². The minimum Gasteiger partial charge on any atom is -0.422 e. The molecule has 26 heteroatoms. The van der Waals surface area contributed by atoms with Crippen LogP contribution in [0.1, 0.15) is 261 Å². The lowest BCUT2D eigenvalue weighted by molar-refractivity contribution is -0.383. The van der Waals surface area contributed by atoms with Crippen molar-refractivity contribution >= 4 is 90.2 Å². The van der Waals surface area contributed by atoms with Gasteiger partial charge >= 0.3 is 21.4 Å². The number of carbonyl (C=O) groups excluding carboxylic acids is 6. The number of anilines is 2.